The third-order valence-corrected chi connectivity index (χ3v) is 7.63. The predicted octanol–water partition coefficient (Wildman–Crippen LogP) is 4.73. The zero-order valence-electron chi connectivity index (χ0n) is 18.4. The molecule has 0 aliphatic carbocycles. The third kappa shape index (κ3) is 3.38. The van der Waals surface area contributed by atoms with Crippen LogP contribution in [-0.4, -0.2) is 36.1 Å². The van der Waals surface area contributed by atoms with Gasteiger partial charge in [-0.3, -0.25) is 9.59 Å². The van der Waals surface area contributed by atoms with Crippen LogP contribution in [0.4, 0.5) is 10.1 Å². The van der Waals surface area contributed by atoms with Gasteiger partial charge >= 0.3 is 0 Å². The highest BCUT2D eigenvalue weighted by atomic mass is 32.2. The number of anilines is 1. The SMILES string of the molecule is COc1ccc2c(c1)[C@@]1(SCCN1C(=O)c1ccccc1F)C(=O)N2Cc1ccc(C)cc1. The van der Waals surface area contributed by atoms with Crippen LogP contribution >= 0.6 is 11.8 Å². The van der Waals surface area contributed by atoms with Crippen molar-refractivity contribution in [3.05, 3.63) is 94.8 Å². The summed E-state index contributed by atoms with van der Waals surface area (Å²) in [4.78, 5) is 29.6. The van der Waals surface area contributed by atoms with E-state index in [9.17, 15) is 14.0 Å². The Morgan fingerprint density at radius 1 is 1.12 bits per heavy atom. The van der Waals surface area contributed by atoms with Gasteiger partial charge in [-0.1, -0.05) is 42.0 Å². The normalized spacial score (nSPS) is 19.3. The molecule has 1 saturated heterocycles. The molecule has 2 amide bonds. The number of halogens is 1. The van der Waals surface area contributed by atoms with Crippen molar-refractivity contribution in [1.82, 2.24) is 4.90 Å². The number of fused-ring (bicyclic) bond motifs is 2. The van der Waals surface area contributed by atoms with Crippen molar-refractivity contribution in [2.45, 2.75) is 18.3 Å². The van der Waals surface area contributed by atoms with Crippen LogP contribution in [0.5, 0.6) is 5.75 Å². The number of ether oxygens (including phenoxy) is 1. The van der Waals surface area contributed by atoms with Crippen LogP contribution in [0.3, 0.4) is 0 Å². The highest BCUT2D eigenvalue weighted by Crippen LogP contribution is 2.55. The summed E-state index contributed by atoms with van der Waals surface area (Å²) < 4.78 is 19.9. The number of hydrogen-bond acceptors (Lipinski definition) is 4. The number of thioether (sulfide) groups is 1. The van der Waals surface area contributed by atoms with E-state index in [1.807, 2.05) is 49.4 Å². The standard InChI is InChI=1S/C26H23FN2O3S/c1-17-7-9-18(10-8-17)16-28-23-12-11-19(32-2)15-21(23)26(25(28)31)29(13-14-33-26)24(30)20-5-3-4-6-22(20)27/h3-12,15H,13-14,16H2,1-2H3/t26-/m1/s1. The molecule has 168 valence electrons. The fourth-order valence-electron chi connectivity index (χ4n) is 4.53. The Kier molecular flexibility index (Phi) is 5.37. The molecule has 0 bridgehead atoms. The molecule has 5 nitrogen and oxygen atoms in total. The smallest absolute Gasteiger partial charge is 0.268 e. The fourth-order valence-corrected chi connectivity index (χ4v) is 5.99. The lowest BCUT2D eigenvalue weighted by molar-refractivity contribution is -0.123. The van der Waals surface area contributed by atoms with Crippen molar-refractivity contribution < 1.29 is 18.7 Å². The van der Waals surface area contributed by atoms with Gasteiger partial charge in [0.1, 0.15) is 11.6 Å². The summed E-state index contributed by atoms with van der Waals surface area (Å²) in [6, 6.07) is 19.4. The van der Waals surface area contributed by atoms with E-state index in [0.717, 1.165) is 16.8 Å². The molecule has 0 unspecified atom stereocenters. The van der Waals surface area contributed by atoms with Crippen LogP contribution in [0.2, 0.25) is 0 Å². The maximum absolute atomic E-state index is 14.5. The van der Waals surface area contributed by atoms with Crippen LogP contribution in [0, 0.1) is 12.7 Å². The average molecular weight is 463 g/mol. The minimum Gasteiger partial charge on any atom is -0.497 e. The van der Waals surface area contributed by atoms with Gasteiger partial charge in [0, 0.05) is 17.9 Å². The zero-order chi connectivity index (χ0) is 23.2. The van der Waals surface area contributed by atoms with E-state index < -0.39 is 16.6 Å². The Morgan fingerprint density at radius 3 is 2.61 bits per heavy atom. The van der Waals surface area contributed by atoms with Crippen molar-refractivity contribution in [3.63, 3.8) is 0 Å². The molecule has 1 spiro atoms. The number of nitrogens with zero attached hydrogens (tertiary/aromatic N) is 2. The second-order valence-electron chi connectivity index (χ2n) is 8.19. The van der Waals surface area contributed by atoms with Gasteiger partial charge in [-0.05, 0) is 42.8 Å². The van der Waals surface area contributed by atoms with E-state index in [4.69, 9.17) is 4.74 Å². The molecule has 0 saturated carbocycles. The molecule has 5 rings (SSSR count). The molecule has 3 aromatic carbocycles. The Labute approximate surface area is 196 Å². The summed E-state index contributed by atoms with van der Waals surface area (Å²) in [6.45, 7) is 2.74. The molecular weight excluding hydrogens is 439 g/mol. The van der Waals surface area contributed by atoms with Crippen LogP contribution in [0.1, 0.15) is 27.0 Å². The quantitative estimate of drug-likeness (QED) is 0.563. The van der Waals surface area contributed by atoms with Gasteiger partial charge in [0.25, 0.3) is 11.8 Å². The molecule has 0 aromatic heterocycles. The number of carbonyl (C=O) groups excluding carboxylic acids is 2. The monoisotopic (exact) mass is 462 g/mol. The Balaban J connectivity index is 1.62. The third-order valence-electron chi connectivity index (χ3n) is 6.21. The van der Waals surface area contributed by atoms with E-state index >= 15 is 0 Å². The molecule has 33 heavy (non-hydrogen) atoms. The molecular formula is C26H23FN2O3S. The van der Waals surface area contributed by atoms with Crippen molar-refractivity contribution in [2.24, 2.45) is 0 Å². The van der Waals surface area contributed by atoms with Crippen LogP contribution in [0.25, 0.3) is 0 Å². The highest BCUT2D eigenvalue weighted by Gasteiger charge is 2.59. The van der Waals surface area contributed by atoms with Crippen molar-refractivity contribution in [1.29, 1.82) is 0 Å². The van der Waals surface area contributed by atoms with Crippen molar-refractivity contribution in [3.8, 4) is 5.75 Å². The maximum Gasteiger partial charge on any atom is 0.268 e. The van der Waals surface area contributed by atoms with E-state index in [0.29, 0.717) is 30.2 Å². The number of hydrogen-bond donors (Lipinski definition) is 0. The molecule has 2 heterocycles. The highest BCUT2D eigenvalue weighted by molar-refractivity contribution is 8.01. The summed E-state index contributed by atoms with van der Waals surface area (Å²) in [5, 5.41) is 0. The van der Waals surface area contributed by atoms with E-state index in [1.54, 1.807) is 24.1 Å². The molecule has 2 aliphatic heterocycles. The number of carbonyl (C=O) groups is 2. The van der Waals surface area contributed by atoms with Crippen molar-refractivity contribution >= 4 is 29.3 Å². The maximum atomic E-state index is 14.5. The second kappa shape index (κ2) is 8.23. The summed E-state index contributed by atoms with van der Waals surface area (Å²) in [5.41, 5.74) is 3.53. The molecule has 7 heteroatoms. The Bertz CT molecular complexity index is 1250. The number of amides is 2. The second-order valence-corrected chi connectivity index (χ2v) is 9.48. The number of rotatable bonds is 4. The number of methoxy groups -OCH3 is 1. The first-order valence-electron chi connectivity index (χ1n) is 10.7. The number of aryl methyl sites for hydroxylation is 1. The van der Waals surface area contributed by atoms with Gasteiger partial charge in [-0.2, -0.15) is 0 Å². The van der Waals surface area contributed by atoms with Crippen LogP contribution in [-0.2, 0) is 16.2 Å². The lowest BCUT2D eigenvalue weighted by atomic mass is 10.0. The largest absolute Gasteiger partial charge is 0.497 e. The molecule has 0 N–H and O–H groups in total. The molecule has 2 aliphatic rings. The Hall–Kier alpha value is -3.32. The van der Waals surface area contributed by atoms with E-state index in [2.05, 4.69) is 0 Å². The summed E-state index contributed by atoms with van der Waals surface area (Å²) in [5.74, 6) is -0.108. The van der Waals surface area contributed by atoms with Gasteiger partial charge in [0.15, 0.2) is 4.87 Å². The van der Waals surface area contributed by atoms with Crippen LogP contribution in [0.15, 0.2) is 66.7 Å². The lowest BCUT2D eigenvalue weighted by Gasteiger charge is -2.33. The van der Waals surface area contributed by atoms with Gasteiger partial charge in [0.2, 0.25) is 0 Å². The zero-order valence-corrected chi connectivity index (χ0v) is 19.2. The Morgan fingerprint density at radius 2 is 1.88 bits per heavy atom. The first-order valence-corrected chi connectivity index (χ1v) is 11.7. The first-order chi connectivity index (χ1) is 16.0. The summed E-state index contributed by atoms with van der Waals surface area (Å²) in [6.07, 6.45) is 0. The van der Waals surface area contributed by atoms with Gasteiger partial charge in [-0.15, -0.1) is 11.8 Å². The van der Waals surface area contributed by atoms with E-state index in [1.165, 1.54) is 28.8 Å². The summed E-state index contributed by atoms with van der Waals surface area (Å²) in [7, 11) is 1.57. The topological polar surface area (TPSA) is 49.9 Å². The molecule has 0 radical (unpaired) electrons. The molecule has 3 aromatic rings. The fraction of sp³-hybridized carbons (Fsp3) is 0.231. The van der Waals surface area contributed by atoms with Gasteiger partial charge in [-0.25, -0.2) is 4.39 Å². The predicted molar refractivity (Wildman–Crippen MR) is 127 cm³/mol. The molecule has 1 atom stereocenters. The summed E-state index contributed by atoms with van der Waals surface area (Å²) >= 11 is 1.41. The van der Waals surface area contributed by atoms with Crippen LogP contribution < -0.4 is 9.64 Å². The van der Waals surface area contributed by atoms with Gasteiger partial charge in [0.05, 0.1) is 24.9 Å². The average Bonchev–Trinajstić information content (AvgIpc) is 3.37. The molecule has 1 fully saturated rings. The van der Waals surface area contributed by atoms with Gasteiger partial charge < -0.3 is 14.5 Å². The number of benzene rings is 3. The minimum atomic E-state index is -1.26. The van der Waals surface area contributed by atoms with E-state index in [-0.39, 0.29) is 11.5 Å². The van der Waals surface area contributed by atoms with Crippen molar-refractivity contribution in [2.75, 3.05) is 24.3 Å². The lowest BCUT2D eigenvalue weighted by Crippen LogP contribution is -2.50. The first kappa shape index (κ1) is 21.5. The minimum absolute atomic E-state index is 0.0337.